The minimum absolute atomic E-state index is 0.0871. The molecule has 0 aliphatic heterocycles. The predicted molar refractivity (Wildman–Crippen MR) is 82.8 cm³/mol. The number of carbonyl (C=O) groups is 1. The highest BCUT2D eigenvalue weighted by atomic mass is 19.1. The van der Waals surface area contributed by atoms with Gasteiger partial charge in [0.25, 0.3) is 0 Å². The van der Waals surface area contributed by atoms with Gasteiger partial charge in [-0.2, -0.15) is 0 Å². The van der Waals surface area contributed by atoms with Crippen LogP contribution in [0, 0.1) is 5.82 Å². The van der Waals surface area contributed by atoms with Gasteiger partial charge >= 0.3 is 0 Å². The predicted octanol–water partition coefficient (Wildman–Crippen LogP) is 3.63. The van der Waals surface area contributed by atoms with E-state index in [1.807, 2.05) is 12.1 Å². The molecule has 0 heterocycles. The number of anilines is 1. The molecule has 1 amide bonds. The molecule has 0 saturated carbocycles. The van der Waals surface area contributed by atoms with Gasteiger partial charge in [0.2, 0.25) is 5.91 Å². The molecular weight excluding hydrogens is 285 g/mol. The van der Waals surface area contributed by atoms with E-state index in [4.69, 9.17) is 9.47 Å². The van der Waals surface area contributed by atoms with E-state index in [9.17, 15) is 9.18 Å². The molecule has 0 aliphatic rings. The highest BCUT2D eigenvalue weighted by Gasteiger charge is 2.03. The second-order valence-electron chi connectivity index (χ2n) is 4.69. The molecule has 2 rings (SSSR count). The Morgan fingerprint density at radius 2 is 1.91 bits per heavy atom. The van der Waals surface area contributed by atoms with Crippen LogP contribution in [0.3, 0.4) is 0 Å². The van der Waals surface area contributed by atoms with Crippen LogP contribution in [0.25, 0.3) is 0 Å². The van der Waals surface area contributed by atoms with Crippen molar-refractivity contribution in [2.24, 2.45) is 0 Å². The molecule has 0 atom stereocenters. The number of amides is 1. The van der Waals surface area contributed by atoms with Crippen LogP contribution in [-0.2, 0) is 4.79 Å². The molecule has 0 aliphatic carbocycles. The van der Waals surface area contributed by atoms with Crippen LogP contribution in [0.5, 0.6) is 11.5 Å². The molecule has 0 bridgehead atoms. The van der Waals surface area contributed by atoms with Crippen LogP contribution in [0.2, 0.25) is 0 Å². The first-order chi connectivity index (χ1) is 10.7. The number of hydrogen-bond donors (Lipinski definition) is 1. The number of hydrogen-bond acceptors (Lipinski definition) is 3. The molecule has 5 heteroatoms. The molecule has 0 spiro atoms. The number of halogens is 1. The first kappa shape index (κ1) is 15.8. The van der Waals surface area contributed by atoms with Crippen molar-refractivity contribution in [3.05, 3.63) is 54.3 Å². The zero-order valence-corrected chi connectivity index (χ0v) is 12.3. The molecule has 1 N–H and O–H groups in total. The van der Waals surface area contributed by atoms with Crippen molar-refractivity contribution in [3.63, 3.8) is 0 Å². The van der Waals surface area contributed by atoms with Gasteiger partial charge in [-0.1, -0.05) is 6.07 Å². The Bertz CT molecular complexity index is 614. The van der Waals surface area contributed by atoms with Crippen molar-refractivity contribution in [2.45, 2.75) is 12.8 Å². The summed E-state index contributed by atoms with van der Waals surface area (Å²) < 4.78 is 23.3. The molecule has 2 aromatic carbocycles. The summed E-state index contributed by atoms with van der Waals surface area (Å²) in [4.78, 5) is 11.8. The van der Waals surface area contributed by atoms with Gasteiger partial charge in [-0.15, -0.1) is 0 Å². The summed E-state index contributed by atoms with van der Waals surface area (Å²) in [5.41, 5.74) is 0.698. The van der Waals surface area contributed by atoms with E-state index in [2.05, 4.69) is 5.32 Å². The third-order valence-electron chi connectivity index (χ3n) is 2.98. The number of ether oxygens (including phenoxy) is 2. The van der Waals surface area contributed by atoms with E-state index in [0.29, 0.717) is 36.6 Å². The van der Waals surface area contributed by atoms with Gasteiger partial charge in [0.15, 0.2) is 0 Å². The molecule has 0 radical (unpaired) electrons. The summed E-state index contributed by atoms with van der Waals surface area (Å²) in [6.07, 6.45) is 0.922. The first-order valence-corrected chi connectivity index (χ1v) is 6.99. The van der Waals surface area contributed by atoms with Gasteiger partial charge in [0, 0.05) is 18.2 Å². The number of carbonyl (C=O) groups excluding carboxylic acids is 1. The second-order valence-corrected chi connectivity index (χ2v) is 4.69. The maximum absolute atomic E-state index is 12.7. The number of nitrogens with one attached hydrogen (secondary N) is 1. The third kappa shape index (κ3) is 5.09. The average Bonchev–Trinajstić information content (AvgIpc) is 2.53. The zero-order chi connectivity index (χ0) is 15.8. The van der Waals surface area contributed by atoms with Gasteiger partial charge < -0.3 is 14.8 Å². The lowest BCUT2D eigenvalue weighted by Crippen LogP contribution is -2.12. The molecule has 0 aromatic heterocycles. The Balaban J connectivity index is 1.70. The van der Waals surface area contributed by atoms with E-state index in [1.54, 1.807) is 31.4 Å². The monoisotopic (exact) mass is 303 g/mol. The Morgan fingerprint density at radius 3 is 2.64 bits per heavy atom. The van der Waals surface area contributed by atoms with Crippen LogP contribution < -0.4 is 14.8 Å². The van der Waals surface area contributed by atoms with Crippen molar-refractivity contribution >= 4 is 11.6 Å². The van der Waals surface area contributed by atoms with Crippen molar-refractivity contribution in [1.29, 1.82) is 0 Å². The Kier molecular flexibility index (Phi) is 5.77. The SMILES string of the molecule is COc1cccc(NC(=O)CCCOc2ccc(F)cc2)c1. The average molecular weight is 303 g/mol. The molecule has 2 aromatic rings. The summed E-state index contributed by atoms with van der Waals surface area (Å²) in [6.45, 7) is 0.400. The Hall–Kier alpha value is -2.56. The van der Waals surface area contributed by atoms with Gasteiger partial charge in [-0.05, 0) is 42.8 Å². The van der Waals surface area contributed by atoms with Crippen molar-refractivity contribution in [1.82, 2.24) is 0 Å². The zero-order valence-electron chi connectivity index (χ0n) is 12.3. The summed E-state index contributed by atoms with van der Waals surface area (Å²) in [5, 5.41) is 2.80. The molecule has 22 heavy (non-hydrogen) atoms. The minimum Gasteiger partial charge on any atom is -0.497 e. The third-order valence-corrected chi connectivity index (χ3v) is 2.98. The lowest BCUT2D eigenvalue weighted by molar-refractivity contribution is -0.116. The molecule has 0 unspecified atom stereocenters. The van der Waals surface area contributed by atoms with E-state index in [1.165, 1.54) is 12.1 Å². The summed E-state index contributed by atoms with van der Waals surface area (Å²) in [7, 11) is 1.58. The summed E-state index contributed by atoms with van der Waals surface area (Å²) >= 11 is 0. The van der Waals surface area contributed by atoms with E-state index >= 15 is 0 Å². The van der Waals surface area contributed by atoms with Gasteiger partial charge in [-0.3, -0.25) is 4.79 Å². The van der Waals surface area contributed by atoms with Gasteiger partial charge in [-0.25, -0.2) is 4.39 Å². The topological polar surface area (TPSA) is 47.6 Å². The van der Waals surface area contributed by atoms with Crippen molar-refractivity contribution in [3.8, 4) is 11.5 Å². The molecule has 0 fully saturated rings. The van der Waals surface area contributed by atoms with E-state index in [-0.39, 0.29) is 11.7 Å². The largest absolute Gasteiger partial charge is 0.497 e. The highest BCUT2D eigenvalue weighted by Crippen LogP contribution is 2.17. The van der Waals surface area contributed by atoms with Crippen LogP contribution in [-0.4, -0.2) is 19.6 Å². The maximum Gasteiger partial charge on any atom is 0.224 e. The molecule has 0 saturated heterocycles. The first-order valence-electron chi connectivity index (χ1n) is 6.99. The number of methoxy groups -OCH3 is 1. The number of rotatable bonds is 7. The van der Waals surface area contributed by atoms with Crippen molar-refractivity contribution in [2.75, 3.05) is 19.0 Å². The summed E-state index contributed by atoms with van der Waals surface area (Å²) in [6, 6.07) is 13.0. The van der Waals surface area contributed by atoms with Gasteiger partial charge in [0.1, 0.15) is 17.3 Å². The lowest BCUT2D eigenvalue weighted by Gasteiger charge is -2.08. The van der Waals surface area contributed by atoms with Crippen LogP contribution in [0.1, 0.15) is 12.8 Å². The van der Waals surface area contributed by atoms with Crippen LogP contribution >= 0.6 is 0 Å². The molecule has 116 valence electrons. The normalized spacial score (nSPS) is 10.1. The lowest BCUT2D eigenvalue weighted by atomic mass is 10.2. The molecular formula is C17H18FNO3. The fourth-order valence-electron chi connectivity index (χ4n) is 1.88. The van der Waals surface area contributed by atoms with Gasteiger partial charge in [0.05, 0.1) is 13.7 Å². The van der Waals surface area contributed by atoms with Crippen LogP contribution in [0.15, 0.2) is 48.5 Å². The van der Waals surface area contributed by atoms with E-state index < -0.39 is 0 Å². The summed E-state index contributed by atoms with van der Waals surface area (Å²) in [5.74, 6) is 0.896. The van der Waals surface area contributed by atoms with Crippen molar-refractivity contribution < 1.29 is 18.7 Å². The minimum atomic E-state index is -0.301. The Morgan fingerprint density at radius 1 is 1.14 bits per heavy atom. The van der Waals surface area contributed by atoms with E-state index in [0.717, 1.165) is 0 Å². The maximum atomic E-state index is 12.7. The Labute approximate surface area is 128 Å². The number of benzene rings is 2. The standard InChI is InChI=1S/C17H18FNO3/c1-21-16-5-2-4-14(12-16)19-17(20)6-3-11-22-15-9-7-13(18)8-10-15/h2,4-5,7-10,12H,3,6,11H2,1H3,(H,19,20). The second kappa shape index (κ2) is 8.02. The van der Waals surface area contributed by atoms with Crippen LogP contribution in [0.4, 0.5) is 10.1 Å². The smallest absolute Gasteiger partial charge is 0.224 e. The fraction of sp³-hybridized carbons (Fsp3) is 0.235. The molecule has 4 nitrogen and oxygen atoms in total. The fourth-order valence-corrected chi connectivity index (χ4v) is 1.88. The quantitative estimate of drug-likeness (QED) is 0.795. The highest BCUT2D eigenvalue weighted by molar-refractivity contribution is 5.90.